The Balaban J connectivity index is 1.62. The first-order chi connectivity index (χ1) is 10.9. The molecule has 3 rings (SSSR count). The molecule has 0 aromatic carbocycles. The molecule has 2 fully saturated rings. The molecule has 23 heavy (non-hydrogen) atoms. The van der Waals surface area contributed by atoms with Crippen LogP contribution in [0.3, 0.4) is 0 Å². The third-order valence-electron chi connectivity index (χ3n) is 4.68. The predicted octanol–water partition coefficient (Wildman–Crippen LogP) is -0.00410. The number of nitrogens with zero attached hydrogens (tertiary/aromatic N) is 2. The van der Waals surface area contributed by atoms with Gasteiger partial charge in [0.1, 0.15) is 0 Å². The summed E-state index contributed by atoms with van der Waals surface area (Å²) in [6.07, 6.45) is 4.89. The van der Waals surface area contributed by atoms with Gasteiger partial charge >= 0.3 is 0 Å². The molecule has 1 aromatic rings. The van der Waals surface area contributed by atoms with E-state index in [1.165, 1.54) is 10.6 Å². The standard InChI is InChI=1S/C15H21N3O4S/c1-23(20,21)18-8-13-9-22-11-15(13,10-18)5-14(19)17-7-12-3-2-4-16-6-12/h2-4,6,13H,5,7-11H2,1H3,(H,17,19)/t13-,15+/m1/s1. The lowest BCUT2D eigenvalue weighted by Gasteiger charge is -2.26. The van der Waals surface area contributed by atoms with Gasteiger partial charge in [0.25, 0.3) is 0 Å². The van der Waals surface area contributed by atoms with Gasteiger partial charge in [-0.2, -0.15) is 0 Å². The number of fused-ring (bicyclic) bond motifs is 1. The summed E-state index contributed by atoms with van der Waals surface area (Å²) < 4.78 is 30.6. The molecular weight excluding hydrogens is 318 g/mol. The molecule has 0 spiro atoms. The average molecular weight is 339 g/mol. The maximum absolute atomic E-state index is 12.3. The molecule has 0 saturated carbocycles. The van der Waals surface area contributed by atoms with E-state index in [-0.39, 0.29) is 18.2 Å². The lowest BCUT2D eigenvalue weighted by molar-refractivity contribution is -0.123. The summed E-state index contributed by atoms with van der Waals surface area (Å²) in [6, 6.07) is 3.72. The Hall–Kier alpha value is -1.51. The van der Waals surface area contributed by atoms with Gasteiger partial charge in [0.05, 0.1) is 19.5 Å². The second-order valence-corrected chi connectivity index (χ2v) is 8.43. The zero-order valence-corrected chi connectivity index (χ0v) is 13.9. The van der Waals surface area contributed by atoms with Crippen LogP contribution in [0.15, 0.2) is 24.5 Å². The van der Waals surface area contributed by atoms with Crippen molar-refractivity contribution in [3.63, 3.8) is 0 Å². The van der Waals surface area contributed by atoms with Crippen molar-refractivity contribution in [2.75, 3.05) is 32.6 Å². The molecule has 1 N–H and O–H groups in total. The highest BCUT2D eigenvalue weighted by Crippen LogP contribution is 2.44. The highest BCUT2D eigenvalue weighted by molar-refractivity contribution is 7.88. The number of nitrogens with one attached hydrogen (secondary N) is 1. The topological polar surface area (TPSA) is 88.6 Å². The van der Waals surface area contributed by atoms with Crippen molar-refractivity contribution in [3.05, 3.63) is 30.1 Å². The quantitative estimate of drug-likeness (QED) is 0.815. The largest absolute Gasteiger partial charge is 0.380 e. The van der Waals surface area contributed by atoms with Gasteiger partial charge in [-0.15, -0.1) is 0 Å². The van der Waals surface area contributed by atoms with Crippen LogP contribution in [0.1, 0.15) is 12.0 Å². The van der Waals surface area contributed by atoms with Crippen LogP contribution in [0.2, 0.25) is 0 Å². The van der Waals surface area contributed by atoms with Crippen LogP contribution in [0.5, 0.6) is 0 Å². The zero-order chi connectivity index (χ0) is 16.5. The maximum atomic E-state index is 12.3. The molecule has 2 aliphatic rings. The molecule has 3 heterocycles. The molecule has 1 aromatic heterocycles. The molecule has 0 aliphatic carbocycles. The van der Waals surface area contributed by atoms with Crippen molar-refractivity contribution in [1.82, 2.24) is 14.6 Å². The van der Waals surface area contributed by atoms with Crippen molar-refractivity contribution in [2.45, 2.75) is 13.0 Å². The molecule has 0 bridgehead atoms. The summed E-state index contributed by atoms with van der Waals surface area (Å²) in [5.74, 6) is 0.000992. The molecule has 0 unspecified atom stereocenters. The van der Waals surface area contributed by atoms with E-state index < -0.39 is 15.4 Å². The lowest BCUT2D eigenvalue weighted by Crippen LogP contribution is -2.38. The Labute approximate surface area is 136 Å². The Morgan fingerprint density at radius 1 is 1.57 bits per heavy atom. The number of hydrogen-bond acceptors (Lipinski definition) is 5. The van der Waals surface area contributed by atoms with E-state index in [0.717, 1.165) is 5.56 Å². The van der Waals surface area contributed by atoms with Gasteiger partial charge < -0.3 is 10.1 Å². The van der Waals surface area contributed by atoms with E-state index in [0.29, 0.717) is 32.8 Å². The molecule has 7 nitrogen and oxygen atoms in total. The second-order valence-electron chi connectivity index (χ2n) is 6.44. The summed E-state index contributed by atoms with van der Waals surface area (Å²) in [6.45, 7) is 2.17. The molecule has 2 aliphatic heterocycles. The summed E-state index contributed by atoms with van der Waals surface area (Å²) in [5.41, 5.74) is 0.531. The highest BCUT2D eigenvalue weighted by atomic mass is 32.2. The number of carbonyl (C=O) groups excluding carboxylic acids is 1. The van der Waals surface area contributed by atoms with Gasteiger partial charge in [-0.3, -0.25) is 9.78 Å². The number of sulfonamides is 1. The average Bonchev–Trinajstić information content (AvgIpc) is 3.02. The number of amides is 1. The van der Waals surface area contributed by atoms with Gasteiger partial charge in [-0.25, -0.2) is 12.7 Å². The predicted molar refractivity (Wildman–Crippen MR) is 83.9 cm³/mol. The van der Waals surface area contributed by atoms with Crippen LogP contribution in [-0.4, -0.2) is 56.2 Å². The van der Waals surface area contributed by atoms with Crippen LogP contribution in [0.4, 0.5) is 0 Å². The van der Waals surface area contributed by atoms with Crippen LogP contribution >= 0.6 is 0 Å². The van der Waals surface area contributed by atoms with E-state index in [4.69, 9.17) is 4.74 Å². The third-order valence-corrected chi connectivity index (χ3v) is 5.90. The monoisotopic (exact) mass is 339 g/mol. The number of aromatic nitrogens is 1. The molecular formula is C15H21N3O4S. The van der Waals surface area contributed by atoms with Crippen LogP contribution in [-0.2, 0) is 26.1 Å². The molecule has 8 heteroatoms. The smallest absolute Gasteiger partial charge is 0.220 e. The summed E-state index contributed by atoms with van der Waals surface area (Å²) in [4.78, 5) is 16.3. The molecule has 126 valence electrons. The van der Waals surface area contributed by atoms with E-state index in [9.17, 15) is 13.2 Å². The normalized spacial score (nSPS) is 27.8. The van der Waals surface area contributed by atoms with Gasteiger partial charge in [0.15, 0.2) is 0 Å². The fourth-order valence-electron chi connectivity index (χ4n) is 3.37. The van der Waals surface area contributed by atoms with Crippen molar-refractivity contribution >= 4 is 15.9 Å². The van der Waals surface area contributed by atoms with Crippen LogP contribution < -0.4 is 5.32 Å². The van der Waals surface area contributed by atoms with E-state index >= 15 is 0 Å². The van der Waals surface area contributed by atoms with E-state index in [1.54, 1.807) is 12.4 Å². The fraction of sp³-hybridized carbons (Fsp3) is 0.600. The molecule has 2 atom stereocenters. The van der Waals surface area contributed by atoms with Crippen molar-refractivity contribution < 1.29 is 17.9 Å². The summed E-state index contributed by atoms with van der Waals surface area (Å²) in [7, 11) is -3.24. The number of pyridine rings is 1. The lowest BCUT2D eigenvalue weighted by atomic mass is 9.78. The first-order valence-corrected chi connectivity index (χ1v) is 9.42. The van der Waals surface area contributed by atoms with Gasteiger partial charge in [-0.05, 0) is 11.6 Å². The number of ether oxygens (including phenoxy) is 1. The van der Waals surface area contributed by atoms with E-state index in [2.05, 4.69) is 10.3 Å². The highest BCUT2D eigenvalue weighted by Gasteiger charge is 2.53. The van der Waals surface area contributed by atoms with E-state index in [1.807, 2.05) is 12.1 Å². The fourth-order valence-corrected chi connectivity index (χ4v) is 4.31. The Bertz CT molecular complexity index is 679. The molecule has 2 saturated heterocycles. The van der Waals surface area contributed by atoms with Crippen molar-refractivity contribution in [2.24, 2.45) is 11.3 Å². The third kappa shape index (κ3) is 3.54. The molecule has 0 radical (unpaired) electrons. The Kier molecular flexibility index (Phi) is 4.39. The molecule has 1 amide bonds. The number of rotatable bonds is 5. The first-order valence-electron chi connectivity index (χ1n) is 7.57. The van der Waals surface area contributed by atoms with Gasteiger partial charge in [-0.1, -0.05) is 6.07 Å². The summed E-state index contributed by atoms with van der Waals surface area (Å²) >= 11 is 0. The first kappa shape index (κ1) is 16.4. The number of hydrogen-bond donors (Lipinski definition) is 1. The Morgan fingerprint density at radius 2 is 2.39 bits per heavy atom. The maximum Gasteiger partial charge on any atom is 0.220 e. The minimum Gasteiger partial charge on any atom is -0.380 e. The second kappa shape index (κ2) is 6.18. The van der Waals surface area contributed by atoms with Gasteiger partial charge in [0, 0.05) is 49.8 Å². The van der Waals surface area contributed by atoms with Gasteiger partial charge in [0.2, 0.25) is 15.9 Å². The SMILES string of the molecule is CS(=O)(=O)N1C[C@@H]2COC[C@]2(CC(=O)NCc2cccnc2)C1. The zero-order valence-electron chi connectivity index (χ0n) is 13.1. The van der Waals surface area contributed by atoms with Crippen molar-refractivity contribution in [3.8, 4) is 0 Å². The van der Waals surface area contributed by atoms with Crippen LogP contribution in [0.25, 0.3) is 0 Å². The van der Waals surface area contributed by atoms with Crippen LogP contribution in [0, 0.1) is 11.3 Å². The van der Waals surface area contributed by atoms with Crippen molar-refractivity contribution in [1.29, 1.82) is 0 Å². The summed E-state index contributed by atoms with van der Waals surface area (Å²) in [5, 5.41) is 2.88. The minimum atomic E-state index is -3.24. The minimum absolute atomic E-state index is 0.0836. The Morgan fingerprint density at radius 3 is 3.09 bits per heavy atom. The number of carbonyl (C=O) groups is 1.